The molecule has 4 amide bonds. The molecule has 8 nitrogen and oxygen atoms in total. The molecule has 0 heterocycles. The van der Waals surface area contributed by atoms with Gasteiger partial charge in [-0.05, 0) is 5.92 Å². The predicted octanol–water partition coefficient (Wildman–Crippen LogP) is 1.97. The van der Waals surface area contributed by atoms with Gasteiger partial charge in [-0.15, -0.1) is 0 Å². The summed E-state index contributed by atoms with van der Waals surface area (Å²) in [7, 11) is 0. The Morgan fingerprint density at radius 2 is 1.35 bits per heavy atom. The van der Waals surface area contributed by atoms with Crippen molar-refractivity contribution in [2.45, 2.75) is 53.6 Å². The molecule has 0 aliphatic heterocycles. The molecule has 0 aromatic heterocycles. The van der Waals surface area contributed by atoms with E-state index in [0.717, 1.165) is 0 Å². The second kappa shape index (κ2) is 10.6. The van der Waals surface area contributed by atoms with Gasteiger partial charge in [0.1, 0.15) is 6.10 Å². The Balaban J connectivity index is 4.48. The van der Waals surface area contributed by atoms with E-state index in [-0.39, 0.29) is 31.3 Å². The van der Waals surface area contributed by atoms with Gasteiger partial charge < -0.3 is 9.47 Å². The van der Waals surface area contributed by atoms with Crippen molar-refractivity contribution >= 4 is 24.0 Å². The molecule has 0 bridgehead atoms. The molecule has 2 atom stereocenters. The molecular formula is C15H26N2O6. The van der Waals surface area contributed by atoms with Crippen LogP contribution in [0.3, 0.4) is 0 Å². The largest absolute Gasteiger partial charge is 0.449 e. The predicted molar refractivity (Wildman–Crippen MR) is 82.5 cm³/mol. The Morgan fingerprint density at radius 1 is 0.870 bits per heavy atom. The highest BCUT2D eigenvalue weighted by Gasteiger charge is 2.27. The highest BCUT2D eigenvalue weighted by molar-refractivity contribution is 5.92. The summed E-state index contributed by atoms with van der Waals surface area (Å²) in [6.07, 6.45) is -1.86. The molecule has 0 aliphatic carbocycles. The summed E-state index contributed by atoms with van der Waals surface area (Å²) in [5, 5.41) is 4.17. The quantitative estimate of drug-likeness (QED) is 0.738. The Hall–Kier alpha value is -2.12. The Kier molecular flexibility index (Phi) is 9.60. The Morgan fingerprint density at radius 3 is 1.78 bits per heavy atom. The number of rotatable bonds is 7. The van der Waals surface area contributed by atoms with Gasteiger partial charge in [0, 0.05) is 18.8 Å². The fourth-order valence-corrected chi connectivity index (χ4v) is 1.80. The molecule has 2 N–H and O–H groups in total. The van der Waals surface area contributed by atoms with E-state index in [4.69, 9.17) is 9.47 Å². The van der Waals surface area contributed by atoms with Crippen molar-refractivity contribution in [3.05, 3.63) is 0 Å². The van der Waals surface area contributed by atoms with Gasteiger partial charge in [-0.1, -0.05) is 34.6 Å². The first-order valence-corrected chi connectivity index (χ1v) is 7.68. The summed E-state index contributed by atoms with van der Waals surface area (Å²) in [4.78, 5) is 45.3. The number of carbonyl (C=O) groups excluding carboxylic acids is 4. The van der Waals surface area contributed by atoms with Crippen LogP contribution in [0.4, 0.5) is 9.59 Å². The van der Waals surface area contributed by atoms with Crippen LogP contribution in [0.25, 0.3) is 0 Å². The SMILES string of the molecule is CCC(=O)NC(=O)OCC(C)C(OC(=O)NC(=O)CC)C(C)C. The molecule has 0 saturated heterocycles. The minimum absolute atomic E-state index is 0.0271. The van der Waals surface area contributed by atoms with Crippen molar-refractivity contribution in [1.82, 2.24) is 10.6 Å². The molecule has 0 saturated carbocycles. The number of carbonyl (C=O) groups is 4. The van der Waals surface area contributed by atoms with Crippen LogP contribution in [0.5, 0.6) is 0 Å². The lowest BCUT2D eigenvalue weighted by atomic mass is 9.95. The highest BCUT2D eigenvalue weighted by atomic mass is 16.6. The van der Waals surface area contributed by atoms with E-state index in [1.165, 1.54) is 0 Å². The van der Waals surface area contributed by atoms with Crippen LogP contribution in [-0.4, -0.2) is 36.7 Å². The Labute approximate surface area is 136 Å². The van der Waals surface area contributed by atoms with Crippen LogP contribution < -0.4 is 10.6 Å². The van der Waals surface area contributed by atoms with E-state index >= 15 is 0 Å². The molecule has 0 aromatic rings. The van der Waals surface area contributed by atoms with Crippen LogP contribution in [0.1, 0.15) is 47.5 Å². The van der Waals surface area contributed by atoms with E-state index < -0.39 is 30.1 Å². The lowest BCUT2D eigenvalue weighted by molar-refractivity contribution is -0.121. The maximum absolute atomic E-state index is 11.6. The van der Waals surface area contributed by atoms with Gasteiger partial charge in [-0.2, -0.15) is 0 Å². The van der Waals surface area contributed by atoms with Crippen LogP contribution in [0.2, 0.25) is 0 Å². The first-order chi connectivity index (χ1) is 10.7. The third-order valence-corrected chi connectivity index (χ3v) is 3.06. The standard InChI is InChI=1S/C15H26N2O6/c1-6-11(18)16-14(20)22-8-10(5)13(9(3)4)23-15(21)17-12(19)7-2/h9-10,13H,6-8H2,1-5H3,(H,16,18,20)(H,17,19,21). The lowest BCUT2D eigenvalue weighted by Crippen LogP contribution is -2.40. The van der Waals surface area contributed by atoms with Gasteiger partial charge in [0.05, 0.1) is 6.61 Å². The zero-order valence-electron chi connectivity index (χ0n) is 14.3. The van der Waals surface area contributed by atoms with E-state index in [0.29, 0.717) is 0 Å². The number of imide groups is 2. The van der Waals surface area contributed by atoms with Crippen LogP contribution >= 0.6 is 0 Å². The smallest absolute Gasteiger partial charge is 0.414 e. The molecule has 8 heteroatoms. The van der Waals surface area contributed by atoms with Crippen LogP contribution in [0.15, 0.2) is 0 Å². The molecule has 0 spiro atoms. The number of hydrogen-bond acceptors (Lipinski definition) is 6. The number of ether oxygens (including phenoxy) is 2. The first-order valence-electron chi connectivity index (χ1n) is 7.68. The summed E-state index contributed by atoms with van der Waals surface area (Å²) >= 11 is 0. The van der Waals surface area contributed by atoms with Gasteiger partial charge in [-0.3, -0.25) is 20.2 Å². The zero-order valence-corrected chi connectivity index (χ0v) is 14.3. The van der Waals surface area contributed by atoms with Gasteiger partial charge in [0.15, 0.2) is 0 Å². The fraction of sp³-hybridized carbons (Fsp3) is 0.733. The molecule has 23 heavy (non-hydrogen) atoms. The van der Waals surface area contributed by atoms with Crippen molar-refractivity contribution in [2.75, 3.05) is 6.61 Å². The molecule has 2 unspecified atom stereocenters. The third kappa shape index (κ3) is 8.80. The lowest BCUT2D eigenvalue weighted by Gasteiger charge is -2.27. The molecule has 0 aromatic carbocycles. The number of amides is 4. The first kappa shape index (κ1) is 20.9. The molecule has 0 radical (unpaired) electrons. The number of hydrogen-bond donors (Lipinski definition) is 2. The summed E-state index contributed by atoms with van der Waals surface area (Å²) in [6, 6.07) is 0. The van der Waals surface area contributed by atoms with Gasteiger partial charge in [-0.25, -0.2) is 9.59 Å². The Bertz CT molecular complexity index is 436. The maximum atomic E-state index is 11.6. The van der Waals surface area contributed by atoms with Gasteiger partial charge >= 0.3 is 12.2 Å². The van der Waals surface area contributed by atoms with Gasteiger partial charge in [0.2, 0.25) is 11.8 Å². The second-order valence-corrected chi connectivity index (χ2v) is 5.49. The van der Waals surface area contributed by atoms with Crippen molar-refractivity contribution in [3.63, 3.8) is 0 Å². The monoisotopic (exact) mass is 330 g/mol. The van der Waals surface area contributed by atoms with Crippen molar-refractivity contribution in [3.8, 4) is 0 Å². The third-order valence-electron chi connectivity index (χ3n) is 3.06. The van der Waals surface area contributed by atoms with Gasteiger partial charge in [0.25, 0.3) is 0 Å². The molecular weight excluding hydrogens is 304 g/mol. The summed E-state index contributed by atoms with van der Waals surface area (Å²) in [5.74, 6) is -1.22. The average molecular weight is 330 g/mol. The second-order valence-electron chi connectivity index (χ2n) is 5.49. The molecule has 0 fully saturated rings. The highest BCUT2D eigenvalue weighted by Crippen LogP contribution is 2.17. The van der Waals surface area contributed by atoms with E-state index in [1.54, 1.807) is 20.8 Å². The fourth-order valence-electron chi connectivity index (χ4n) is 1.80. The van der Waals surface area contributed by atoms with Crippen LogP contribution in [-0.2, 0) is 19.1 Å². The molecule has 0 rings (SSSR count). The van der Waals surface area contributed by atoms with E-state index in [2.05, 4.69) is 10.6 Å². The van der Waals surface area contributed by atoms with Crippen molar-refractivity contribution in [1.29, 1.82) is 0 Å². The topological polar surface area (TPSA) is 111 Å². The van der Waals surface area contributed by atoms with E-state index in [9.17, 15) is 19.2 Å². The maximum Gasteiger partial charge on any atom is 0.414 e. The summed E-state index contributed by atoms with van der Waals surface area (Å²) in [5.41, 5.74) is 0. The number of alkyl carbamates (subject to hydrolysis) is 2. The number of nitrogens with one attached hydrogen (secondary N) is 2. The minimum Gasteiger partial charge on any atom is -0.449 e. The average Bonchev–Trinajstić information content (AvgIpc) is 2.49. The summed E-state index contributed by atoms with van der Waals surface area (Å²) < 4.78 is 10.2. The molecule has 0 aliphatic rings. The van der Waals surface area contributed by atoms with Crippen LogP contribution in [0, 0.1) is 11.8 Å². The van der Waals surface area contributed by atoms with E-state index in [1.807, 2.05) is 13.8 Å². The zero-order chi connectivity index (χ0) is 18.0. The normalized spacial score (nSPS) is 13.0. The summed E-state index contributed by atoms with van der Waals surface area (Å²) in [6.45, 7) is 8.64. The van der Waals surface area contributed by atoms with Crippen molar-refractivity contribution < 1.29 is 28.7 Å². The van der Waals surface area contributed by atoms with Crippen molar-refractivity contribution in [2.24, 2.45) is 11.8 Å². The molecule has 132 valence electrons. The minimum atomic E-state index is -0.836.